The topological polar surface area (TPSA) is 41.5 Å². The number of nitrogens with one attached hydrogen (secondary N) is 1. The summed E-state index contributed by atoms with van der Waals surface area (Å²) in [5.74, 6) is 0. The van der Waals surface area contributed by atoms with Crippen molar-refractivity contribution in [3.05, 3.63) is 0 Å². The molecule has 1 atom stereocenters. The van der Waals surface area contributed by atoms with Crippen LogP contribution < -0.4 is 5.32 Å². The third kappa shape index (κ3) is 5.71. The number of aliphatic hydroxyl groups excluding tert-OH is 1. The van der Waals surface area contributed by atoms with Gasteiger partial charge in [-0.1, -0.05) is 45.4 Å². The molecule has 118 valence electrons. The number of aliphatic hydroxyl groups is 1. The minimum absolute atomic E-state index is 0.357. The molecule has 1 unspecified atom stereocenters. The third-order valence-corrected chi connectivity index (χ3v) is 5.07. The summed E-state index contributed by atoms with van der Waals surface area (Å²) in [7, 11) is 0. The van der Waals surface area contributed by atoms with Crippen molar-refractivity contribution in [1.82, 2.24) is 5.32 Å². The van der Waals surface area contributed by atoms with Gasteiger partial charge >= 0.3 is 0 Å². The van der Waals surface area contributed by atoms with E-state index in [9.17, 15) is 5.11 Å². The molecule has 0 saturated heterocycles. The van der Waals surface area contributed by atoms with Gasteiger partial charge in [-0.05, 0) is 31.1 Å². The molecule has 0 aliphatic heterocycles. The average molecular weight is 283 g/mol. The third-order valence-electron chi connectivity index (χ3n) is 5.07. The monoisotopic (exact) mass is 283 g/mol. The lowest BCUT2D eigenvalue weighted by Gasteiger charge is -2.34. The largest absolute Gasteiger partial charge is 0.389 e. The Balaban J connectivity index is 1.54. The normalized spacial score (nSPS) is 25.5. The van der Waals surface area contributed by atoms with Gasteiger partial charge in [0, 0.05) is 13.1 Å². The second-order valence-corrected chi connectivity index (χ2v) is 7.25. The fourth-order valence-electron chi connectivity index (χ4n) is 3.66. The van der Waals surface area contributed by atoms with Crippen LogP contribution in [0, 0.1) is 5.41 Å². The highest BCUT2D eigenvalue weighted by Gasteiger charge is 2.26. The maximum Gasteiger partial charge on any atom is 0.0897 e. The lowest BCUT2D eigenvalue weighted by atomic mass is 9.76. The molecule has 0 radical (unpaired) electrons. The fourth-order valence-corrected chi connectivity index (χ4v) is 3.66. The molecule has 0 spiro atoms. The molecule has 2 N–H and O–H groups in total. The highest BCUT2D eigenvalue weighted by Crippen LogP contribution is 2.34. The Morgan fingerprint density at radius 3 is 2.45 bits per heavy atom. The Labute approximate surface area is 124 Å². The van der Waals surface area contributed by atoms with Gasteiger partial charge in [-0.3, -0.25) is 0 Å². The summed E-state index contributed by atoms with van der Waals surface area (Å²) < 4.78 is 5.82. The first kappa shape index (κ1) is 16.3. The van der Waals surface area contributed by atoms with E-state index in [1.807, 2.05) is 0 Å². The van der Waals surface area contributed by atoms with Crippen molar-refractivity contribution < 1.29 is 9.84 Å². The first-order valence-electron chi connectivity index (χ1n) is 8.68. The van der Waals surface area contributed by atoms with Crippen molar-refractivity contribution in [3.63, 3.8) is 0 Å². The number of rotatable bonds is 7. The Morgan fingerprint density at radius 1 is 1.10 bits per heavy atom. The Bertz CT molecular complexity index is 258. The first-order chi connectivity index (χ1) is 9.68. The zero-order valence-electron chi connectivity index (χ0n) is 13.2. The summed E-state index contributed by atoms with van der Waals surface area (Å²) in [6, 6.07) is 0. The van der Waals surface area contributed by atoms with Gasteiger partial charge in [-0.2, -0.15) is 0 Å². The molecule has 3 nitrogen and oxygen atoms in total. The molecule has 2 fully saturated rings. The molecule has 3 heteroatoms. The van der Waals surface area contributed by atoms with Gasteiger partial charge in [0.2, 0.25) is 0 Å². The average Bonchev–Trinajstić information content (AvgIpc) is 2.47. The van der Waals surface area contributed by atoms with Crippen molar-refractivity contribution in [2.75, 3.05) is 19.7 Å². The standard InChI is InChI=1S/C17H33NO2/c1-17(10-6-3-7-11-17)14-18-12-15(19)13-20-16-8-4-2-5-9-16/h15-16,18-19H,2-14H2,1H3. The van der Waals surface area contributed by atoms with Gasteiger partial charge in [0.15, 0.2) is 0 Å². The molecule has 0 bridgehead atoms. The number of hydrogen-bond acceptors (Lipinski definition) is 3. The minimum atomic E-state index is -0.357. The van der Waals surface area contributed by atoms with Crippen LogP contribution in [0.3, 0.4) is 0 Å². The minimum Gasteiger partial charge on any atom is -0.389 e. The summed E-state index contributed by atoms with van der Waals surface area (Å²) in [5, 5.41) is 13.5. The van der Waals surface area contributed by atoms with Crippen LogP contribution in [0.2, 0.25) is 0 Å². The van der Waals surface area contributed by atoms with Gasteiger partial charge < -0.3 is 15.2 Å². The van der Waals surface area contributed by atoms with Crippen molar-refractivity contribution in [2.45, 2.75) is 83.3 Å². The van der Waals surface area contributed by atoms with Gasteiger partial charge in [-0.25, -0.2) is 0 Å². The zero-order valence-corrected chi connectivity index (χ0v) is 13.2. The van der Waals surface area contributed by atoms with E-state index in [-0.39, 0.29) is 6.10 Å². The quantitative estimate of drug-likeness (QED) is 0.753. The second kappa shape index (κ2) is 8.35. The lowest BCUT2D eigenvalue weighted by molar-refractivity contribution is -0.0236. The van der Waals surface area contributed by atoms with Crippen LogP contribution in [0.1, 0.15) is 71.1 Å². The highest BCUT2D eigenvalue weighted by molar-refractivity contribution is 4.81. The van der Waals surface area contributed by atoms with E-state index >= 15 is 0 Å². The number of ether oxygens (including phenoxy) is 1. The van der Waals surface area contributed by atoms with Crippen LogP contribution in [0.25, 0.3) is 0 Å². The molecule has 0 amide bonds. The summed E-state index contributed by atoms with van der Waals surface area (Å²) in [4.78, 5) is 0. The first-order valence-corrected chi connectivity index (χ1v) is 8.68. The molecule has 2 aliphatic carbocycles. The maximum absolute atomic E-state index is 10.0. The molecule has 2 aliphatic rings. The summed E-state index contributed by atoms with van der Waals surface area (Å²) in [5.41, 5.74) is 0.447. The molecule has 0 heterocycles. The molecule has 0 aromatic carbocycles. The van der Waals surface area contributed by atoms with Crippen molar-refractivity contribution in [2.24, 2.45) is 5.41 Å². The van der Waals surface area contributed by atoms with Crippen LogP contribution in [-0.2, 0) is 4.74 Å². The molecule has 2 saturated carbocycles. The zero-order chi connectivity index (χ0) is 14.3. The fraction of sp³-hybridized carbons (Fsp3) is 1.00. The van der Waals surface area contributed by atoms with E-state index in [0.29, 0.717) is 24.7 Å². The summed E-state index contributed by atoms with van der Waals surface area (Å²) >= 11 is 0. The van der Waals surface area contributed by atoms with E-state index in [1.54, 1.807) is 0 Å². The van der Waals surface area contributed by atoms with E-state index in [2.05, 4.69) is 12.2 Å². The van der Waals surface area contributed by atoms with Crippen LogP contribution in [-0.4, -0.2) is 37.0 Å². The molecule has 0 aromatic rings. The van der Waals surface area contributed by atoms with Crippen molar-refractivity contribution in [3.8, 4) is 0 Å². The molecule has 2 rings (SSSR count). The SMILES string of the molecule is CC1(CNCC(O)COC2CCCCC2)CCCCC1. The Kier molecular flexibility index (Phi) is 6.79. The van der Waals surface area contributed by atoms with Crippen LogP contribution >= 0.6 is 0 Å². The number of hydrogen-bond donors (Lipinski definition) is 2. The van der Waals surface area contributed by atoms with Gasteiger partial charge in [0.1, 0.15) is 0 Å². The van der Waals surface area contributed by atoms with Crippen LogP contribution in [0.15, 0.2) is 0 Å². The van der Waals surface area contributed by atoms with Crippen molar-refractivity contribution in [1.29, 1.82) is 0 Å². The smallest absolute Gasteiger partial charge is 0.0897 e. The predicted molar refractivity (Wildman–Crippen MR) is 82.9 cm³/mol. The van der Waals surface area contributed by atoms with E-state index < -0.39 is 0 Å². The highest BCUT2D eigenvalue weighted by atomic mass is 16.5. The van der Waals surface area contributed by atoms with Crippen LogP contribution in [0.5, 0.6) is 0 Å². The maximum atomic E-state index is 10.0. The van der Waals surface area contributed by atoms with Gasteiger partial charge in [0.05, 0.1) is 18.8 Å². The molecular formula is C17H33NO2. The predicted octanol–water partition coefficient (Wildman–Crippen LogP) is 3.26. The van der Waals surface area contributed by atoms with Gasteiger partial charge in [-0.15, -0.1) is 0 Å². The van der Waals surface area contributed by atoms with Gasteiger partial charge in [0.25, 0.3) is 0 Å². The van der Waals surface area contributed by atoms with E-state index in [1.165, 1.54) is 64.2 Å². The Hall–Kier alpha value is -0.120. The van der Waals surface area contributed by atoms with Crippen molar-refractivity contribution >= 4 is 0 Å². The molecule has 0 aromatic heterocycles. The molecule has 20 heavy (non-hydrogen) atoms. The second-order valence-electron chi connectivity index (χ2n) is 7.25. The summed E-state index contributed by atoms with van der Waals surface area (Å²) in [6.45, 7) is 4.58. The van der Waals surface area contributed by atoms with E-state index in [4.69, 9.17) is 4.74 Å². The van der Waals surface area contributed by atoms with Crippen LogP contribution in [0.4, 0.5) is 0 Å². The van der Waals surface area contributed by atoms with E-state index in [0.717, 1.165) is 6.54 Å². The Morgan fingerprint density at radius 2 is 1.75 bits per heavy atom. The summed E-state index contributed by atoms with van der Waals surface area (Å²) in [6.07, 6.45) is 13.1. The molecular weight excluding hydrogens is 250 g/mol. The lowest BCUT2D eigenvalue weighted by Crippen LogP contribution is -2.39.